The SMILES string of the molecule is CC1(C)NC(=O)N(CCC(=O)Nc2nc3ccc(S(C)(=O)=O)cc3s2)C1=O. The van der Waals surface area contributed by atoms with Gasteiger partial charge in [0.15, 0.2) is 15.0 Å². The maximum absolute atomic E-state index is 12.1. The van der Waals surface area contributed by atoms with Crippen molar-refractivity contribution in [2.45, 2.75) is 30.7 Å². The lowest BCUT2D eigenvalue weighted by Gasteiger charge is -2.15. The summed E-state index contributed by atoms with van der Waals surface area (Å²) in [5.74, 6) is -0.781. The number of carbonyl (C=O) groups is 3. The number of rotatable bonds is 5. The van der Waals surface area contributed by atoms with E-state index in [0.717, 1.165) is 22.5 Å². The van der Waals surface area contributed by atoms with Crippen molar-refractivity contribution in [2.75, 3.05) is 18.1 Å². The van der Waals surface area contributed by atoms with E-state index in [4.69, 9.17) is 0 Å². The van der Waals surface area contributed by atoms with Crippen molar-refractivity contribution in [3.05, 3.63) is 18.2 Å². The number of benzene rings is 1. The number of nitrogens with zero attached hydrogens (tertiary/aromatic N) is 2. The number of nitrogens with one attached hydrogen (secondary N) is 2. The van der Waals surface area contributed by atoms with Crippen LogP contribution in [0.3, 0.4) is 0 Å². The number of imide groups is 1. The Kier molecular flexibility index (Phi) is 4.68. The van der Waals surface area contributed by atoms with Gasteiger partial charge in [-0.1, -0.05) is 11.3 Å². The topological polar surface area (TPSA) is 126 Å². The van der Waals surface area contributed by atoms with Crippen LogP contribution in [0.15, 0.2) is 23.1 Å². The summed E-state index contributed by atoms with van der Waals surface area (Å²) in [5, 5.41) is 5.48. The molecule has 1 fully saturated rings. The van der Waals surface area contributed by atoms with Crippen LogP contribution in [0, 0.1) is 0 Å². The van der Waals surface area contributed by atoms with Gasteiger partial charge in [0.25, 0.3) is 5.91 Å². The minimum atomic E-state index is -3.33. The molecule has 2 N–H and O–H groups in total. The molecular weight excluding hydrogens is 392 g/mol. The first-order chi connectivity index (χ1) is 12.5. The summed E-state index contributed by atoms with van der Waals surface area (Å²) in [5.41, 5.74) is -0.406. The van der Waals surface area contributed by atoms with Crippen LogP contribution < -0.4 is 10.6 Å². The number of amides is 4. The smallest absolute Gasteiger partial charge is 0.324 e. The number of sulfone groups is 1. The van der Waals surface area contributed by atoms with Crippen LogP contribution in [0.25, 0.3) is 10.2 Å². The van der Waals surface area contributed by atoms with Crippen molar-refractivity contribution < 1.29 is 22.8 Å². The summed E-state index contributed by atoms with van der Waals surface area (Å²) < 4.78 is 23.9. The molecule has 0 aliphatic carbocycles. The van der Waals surface area contributed by atoms with E-state index < -0.39 is 27.3 Å². The molecule has 1 aromatic carbocycles. The molecule has 1 saturated heterocycles. The van der Waals surface area contributed by atoms with Crippen molar-refractivity contribution >= 4 is 54.4 Å². The minimum Gasteiger partial charge on any atom is -0.324 e. The predicted octanol–water partition coefficient (Wildman–Crippen LogP) is 1.36. The number of hydrogen-bond acceptors (Lipinski definition) is 7. The van der Waals surface area contributed by atoms with Crippen molar-refractivity contribution in [2.24, 2.45) is 0 Å². The highest BCUT2D eigenvalue weighted by Crippen LogP contribution is 2.28. The summed E-state index contributed by atoms with van der Waals surface area (Å²) in [4.78, 5) is 41.5. The molecule has 0 radical (unpaired) electrons. The molecule has 1 aromatic heterocycles. The summed E-state index contributed by atoms with van der Waals surface area (Å²) in [6.07, 6.45) is 1.05. The predicted molar refractivity (Wildman–Crippen MR) is 100 cm³/mol. The Hall–Kier alpha value is -2.53. The Labute approximate surface area is 159 Å². The van der Waals surface area contributed by atoms with Gasteiger partial charge in [0.2, 0.25) is 5.91 Å². The van der Waals surface area contributed by atoms with E-state index in [2.05, 4.69) is 15.6 Å². The van der Waals surface area contributed by atoms with Gasteiger partial charge in [0.05, 0.1) is 15.1 Å². The molecule has 0 bridgehead atoms. The van der Waals surface area contributed by atoms with E-state index in [1.807, 2.05) is 0 Å². The van der Waals surface area contributed by atoms with Crippen LogP contribution in [0.1, 0.15) is 20.3 Å². The fourth-order valence-electron chi connectivity index (χ4n) is 2.61. The summed E-state index contributed by atoms with van der Waals surface area (Å²) in [7, 11) is -3.33. The van der Waals surface area contributed by atoms with Crippen molar-refractivity contribution in [3.8, 4) is 0 Å². The van der Waals surface area contributed by atoms with Gasteiger partial charge in [0.1, 0.15) is 5.54 Å². The Bertz CT molecular complexity index is 1060. The maximum atomic E-state index is 12.1. The van der Waals surface area contributed by atoms with Crippen LogP contribution in [0.5, 0.6) is 0 Å². The van der Waals surface area contributed by atoms with Gasteiger partial charge in [-0.05, 0) is 32.0 Å². The van der Waals surface area contributed by atoms with E-state index in [1.54, 1.807) is 19.9 Å². The third kappa shape index (κ3) is 3.93. The molecular formula is C16H18N4O5S2. The third-order valence-corrected chi connectivity index (χ3v) is 6.09. The number of thiazole rings is 1. The zero-order valence-electron chi connectivity index (χ0n) is 14.9. The molecule has 27 heavy (non-hydrogen) atoms. The van der Waals surface area contributed by atoms with Crippen LogP contribution in [-0.4, -0.2) is 54.5 Å². The number of urea groups is 1. The lowest BCUT2D eigenvalue weighted by atomic mass is 10.1. The van der Waals surface area contributed by atoms with Crippen LogP contribution in [0.2, 0.25) is 0 Å². The Morgan fingerprint density at radius 2 is 2.04 bits per heavy atom. The van der Waals surface area contributed by atoms with Gasteiger partial charge >= 0.3 is 6.03 Å². The lowest BCUT2D eigenvalue weighted by Crippen LogP contribution is -2.40. The number of anilines is 1. The Morgan fingerprint density at radius 3 is 2.63 bits per heavy atom. The first-order valence-corrected chi connectivity index (χ1v) is 10.7. The second-order valence-electron chi connectivity index (χ2n) is 6.73. The molecule has 0 spiro atoms. The molecule has 1 aliphatic heterocycles. The monoisotopic (exact) mass is 410 g/mol. The zero-order valence-corrected chi connectivity index (χ0v) is 16.5. The second kappa shape index (κ2) is 6.57. The van der Waals surface area contributed by atoms with E-state index >= 15 is 0 Å². The van der Waals surface area contributed by atoms with E-state index in [9.17, 15) is 22.8 Å². The average molecular weight is 410 g/mol. The zero-order chi connectivity index (χ0) is 20.0. The first-order valence-electron chi connectivity index (χ1n) is 8.02. The van der Waals surface area contributed by atoms with Crippen molar-refractivity contribution in [1.82, 2.24) is 15.2 Å². The van der Waals surface area contributed by atoms with E-state index in [1.165, 1.54) is 12.1 Å². The highest BCUT2D eigenvalue weighted by Gasteiger charge is 2.44. The molecule has 4 amide bonds. The molecule has 1 aliphatic rings. The first kappa shape index (κ1) is 19.2. The molecule has 2 aromatic rings. The van der Waals surface area contributed by atoms with Crippen LogP contribution in [0.4, 0.5) is 9.93 Å². The van der Waals surface area contributed by atoms with E-state index in [0.29, 0.717) is 15.3 Å². The van der Waals surface area contributed by atoms with Crippen LogP contribution in [-0.2, 0) is 19.4 Å². The number of carbonyl (C=O) groups excluding carboxylic acids is 3. The fraction of sp³-hybridized carbons (Fsp3) is 0.375. The van der Waals surface area contributed by atoms with Gasteiger partial charge in [-0.15, -0.1) is 0 Å². The largest absolute Gasteiger partial charge is 0.325 e. The Morgan fingerprint density at radius 1 is 1.33 bits per heavy atom. The lowest BCUT2D eigenvalue weighted by molar-refractivity contribution is -0.130. The highest BCUT2D eigenvalue weighted by atomic mass is 32.2. The van der Waals surface area contributed by atoms with E-state index in [-0.39, 0.29) is 23.8 Å². The standard InChI is InChI=1S/C16H18N4O5S2/c1-16(2)13(22)20(15(23)19-16)7-6-12(21)18-14-17-10-5-4-9(27(3,24)25)8-11(10)26-14/h4-5,8H,6-7H2,1-3H3,(H,19,23)(H,17,18,21). The van der Waals surface area contributed by atoms with Gasteiger partial charge in [-0.2, -0.15) is 0 Å². The summed E-state index contributed by atoms with van der Waals surface area (Å²) >= 11 is 1.15. The van der Waals surface area contributed by atoms with Gasteiger partial charge < -0.3 is 10.6 Å². The average Bonchev–Trinajstić information content (AvgIpc) is 3.02. The number of aromatic nitrogens is 1. The quantitative estimate of drug-likeness (QED) is 0.717. The molecule has 3 rings (SSSR count). The summed E-state index contributed by atoms with van der Waals surface area (Å²) in [6.45, 7) is 3.15. The summed E-state index contributed by atoms with van der Waals surface area (Å²) in [6, 6.07) is 4.02. The van der Waals surface area contributed by atoms with Gasteiger partial charge in [-0.3, -0.25) is 14.5 Å². The molecule has 144 valence electrons. The Balaban J connectivity index is 1.66. The molecule has 0 atom stereocenters. The van der Waals surface area contributed by atoms with Gasteiger partial charge in [-0.25, -0.2) is 18.2 Å². The normalized spacial score (nSPS) is 16.6. The molecule has 0 saturated carbocycles. The van der Waals surface area contributed by atoms with Crippen molar-refractivity contribution in [1.29, 1.82) is 0 Å². The third-order valence-electron chi connectivity index (χ3n) is 4.04. The minimum absolute atomic E-state index is 0.0386. The number of fused-ring (bicyclic) bond motifs is 1. The molecule has 9 nitrogen and oxygen atoms in total. The van der Waals surface area contributed by atoms with Crippen molar-refractivity contribution in [3.63, 3.8) is 0 Å². The molecule has 2 heterocycles. The van der Waals surface area contributed by atoms with Crippen LogP contribution >= 0.6 is 11.3 Å². The molecule has 11 heteroatoms. The highest BCUT2D eigenvalue weighted by molar-refractivity contribution is 7.90. The maximum Gasteiger partial charge on any atom is 0.325 e. The second-order valence-corrected chi connectivity index (χ2v) is 9.78. The number of hydrogen-bond donors (Lipinski definition) is 2. The molecule has 0 unspecified atom stereocenters. The van der Waals surface area contributed by atoms with Gasteiger partial charge in [0, 0.05) is 19.2 Å². The fourth-order valence-corrected chi connectivity index (χ4v) is 4.25.